The third kappa shape index (κ3) is 4.07. The largest absolute Gasteiger partial charge is 0.497 e. The molecule has 1 aromatic carbocycles. The zero-order valence-corrected chi connectivity index (χ0v) is 12.8. The third-order valence-corrected chi connectivity index (χ3v) is 3.03. The predicted molar refractivity (Wildman–Crippen MR) is 86.8 cm³/mol. The van der Waals surface area contributed by atoms with E-state index in [1.54, 1.807) is 38.3 Å². The number of ether oxygens (including phenoxy) is 1. The number of hydrogen-bond donors (Lipinski definition) is 3. The molecule has 0 spiro atoms. The Bertz CT molecular complexity index is 835. The number of nitrogens with one attached hydrogen (secondary N) is 2. The van der Waals surface area contributed by atoms with Crippen molar-refractivity contribution in [3.63, 3.8) is 0 Å². The molecule has 0 fully saturated rings. The van der Waals surface area contributed by atoms with Gasteiger partial charge in [-0.25, -0.2) is 4.98 Å². The molecule has 0 aliphatic heterocycles. The molecule has 0 amide bonds. The van der Waals surface area contributed by atoms with Gasteiger partial charge in [0.1, 0.15) is 5.75 Å². The van der Waals surface area contributed by atoms with Crippen LogP contribution in [-0.2, 0) is 6.42 Å². The minimum Gasteiger partial charge on any atom is -0.497 e. The summed E-state index contributed by atoms with van der Waals surface area (Å²) in [4.78, 5) is 22.5. The van der Waals surface area contributed by atoms with Crippen LogP contribution in [0.3, 0.4) is 0 Å². The van der Waals surface area contributed by atoms with E-state index >= 15 is 0 Å². The first-order valence-corrected chi connectivity index (χ1v) is 6.75. The number of rotatable bonds is 4. The van der Waals surface area contributed by atoms with Gasteiger partial charge in [-0.1, -0.05) is 6.07 Å². The maximum absolute atomic E-state index is 11.9. The number of nitriles is 1. The Morgan fingerprint density at radius 2 is 2.35 bits per heavy atom. The van der Waals surface area contributed by atoms with Crippen molar-refractivity contribution in [1.29, 1.82) is 5.26 Å². The predicted octanol–water partition coefficient (Wildman–Crippen LogP) is 1.21. The summed E-state index contributed by atoms with van der Waals surface area (Å²) in [6.07, 6.45) is -0.00426. The summed E-state index contributed by atoms with van der Waals surface area (Å²) in [5.41, 5.74) is 6.87. The molecule has 23 heavy (non-hydrogen) atoms. The lowest BCUT2D eigenvalue weighted by Crippen LogP contribution is -2.23. The average Bonchev–Trinajstić information content (AvgIpc) is 2.51. The second kappa shape index (κ2) is 7.09. The molecule has 8 heteroatoms. The molecule has 1 heterocycles. The van der Waals surface area contributed by atoms with Gasteiger partial charge in [0, 0.05) is 11.8 Å². The van der Waals surface area contributed by atoms with Gasteiger partial charge in [0.05, 0.1) is 30.9 Å². The maximum Gasteiger partial charge on any atom is 0.256 e. The van der Waals surface area contributed by atoms with E-state index in [1.165, 1.54) is 0 Å². The number of aromatic amines is 1. The highest BCUT2D eigenvalue weighted by atomic mass is 16.5. The van der Waals surface area contributed by atoms with E-state index in [-0.39, 0.29) is 18.3 Å². The highest BCUT2D eigenvalue weighted by Crippen LogP contribution is 2.16. The van der Waals surface area contributed by atoms with Crippen LogP contribution >= 0.6 is 0 Å². The van der Waals surface area contributed by atoms with E-state index in [2.05, 4.69) is 20.3 Å². The SMILES string of the molecule is COc1cccc(NC(N)=Nc2nc(C)c(CC#N)c(=O)[nH]2)c1. The Morgan fingerprint density at radius 1 is 1.57 bits per heavy atom. The summed E-state index contributed by atoms with van der Waals surface area (Å²) in [5, 5.41) is 11.6. The summed E-state index contributed by atoms with van der Waals surface area (Å²) in [6.45, 7) is 1.65. The Morgan fingerprint density at radius 3 is 3.00 bits per heavy atom. The Labute approximate surface area is 132 Å². The smallest absolute Gasteiger partial charge is 0.256 e. The standard InChI is InChI=1S/C15H16N6O2/c1-9-12(6-7-16)13(22)20-15(18-9)21-14(17)19-10-4-3-5-11(8-10)23-2/h3-5,8H,6H2,1-2H3,(H4,17,18,19,20,21,22). The molecule has 2 aromatic rings. The number of guanidine groups is 1. The van der Waals surface area contributed by atoms with Crippen LogP contribution < -0.4 is 21.3 Å². The van der Waals surface area contributed by atoms with Crippen molar-refractivity contribution < 1.29 is 4.74 Å². The first-order chi connectivity index (χ1) is 11.0. The van der Waals surface area contributed by atoms with Gasteiger partial charge >= 0.3 is 0 Å². The highest BCUT2D eigenvalue weighted by Gasteiger charge is 2.07. The molecule has 0 saturated heterocycles. The first kappa shape index (κ1) is 16.0. The zero-order chi connectivity index (χ0) is 16.8. The summed E-state index contributed by atoms with van der Waals surface area (Å²) < 4.78 is 5.12. The molecular weight excluding hydrogens is 296 g/mol. The molecular formula is C15H16N6O2. The van der Waals surface area contributed by atoms with Crippen molar-refractivity contribution >= 4 is 17.6 Å². The van der Waals surface area contributed by atoms with Crippen LogP contribution in [0.25, 0.3) is 0 Å². The van der Waals surface area contributed by atoms with Crippen molar-refractivity contribution in [2.24, 2.45) is 10.7 Å². The molecule has 0 atom stereocenters. The van der Waals surface area contributed by atoms with Gasteiger partial charge in [-0.2, -0.15) is 10.3 Å². The number of nitrogens with zero attached hydrogens (tertiary/aromatic N) is 3. The van der Waals surface area contributed by atoms with Crippen LogP contribution in [0.15, 0.2) is 34.1 Å². The lowest BCUT2D eigenvalue weighted by Gasteiger charge is -2.07. The number of aliphatic imine (C=N–C) groups is 1. The summed E-state index contributed by atoms with van der Waals surface area (Å²) in [7, 11) is 1.57. The highest BCUT2D eigenvalue weighted by molar-refractivity contribution is 5.93. The van der Waals surface area contributed by atoms with Crippen LogP contribution in [-0.4, -0.2) is 23.0 Å². The molecule has 0 aliphatic carbocycles. The van der Waals surface area contributed by atoms with Crippen molar-refractivity contribution in [2.75, 3.05) is 12.4 Å². The van der Waals surface area contributed by atoms with E-state index < -0.39 is 5.56 Å². The number of aryl methyl sites for hydroxylation is 1. The molecule has 1 aromatic heterocycles. The molecule has 2 rings (SSSR count). The van der Waals surface area contributed by atoms with Crippen LogP contribution in [0.5, 0.6) is 5.75 Å². The van der Waals surface area contributed by atoms with Crippen LogP contribution in [0, 0.1) is 18.3 Å². The molecule has 0 saturated carbocycles. The molecule has 0 bridgehead atoms. The minimum atomic E-state index is -0.396. The fraction of sp³-hybridized carbons (Fsp3) is 0.200. The van der Waals surface area contributed by atoms with E-state index in [4.69, 9.17) is 15.7 Å². The van der Waals surface area contributed by atoms with E-state index in [0.29, 0.717) is 22.7 Å². The molecule has 118 valence electrons. The van der Waals surface area contributed by atoms with Gasteiger partial charge in [0.15, 0.2) is 0 Å². The van der Waals surface area contributed by atoms with Crippen LogP contribution in [0.2, 0.25) is 0 Å². The van der Waals surface area contributed by atoms with E-state index in [1.807, 2.05) is 6.07 Å². The normalized spacial score (nSPS) is 10.9. The van der Waals surface area contributed by atoms with Crippen molar-refractivity contribution in [2.45, 2.75) is 13.3 Å². The molecule has 0 aliphatic rings. The first-order valence-electron chi connectivity index (χ1n) is 6.75. The zero-order valence-electron chi connectivity index (χ0n) is 12.8. The summed E-state index contributed by atoms with van der Waals surface area (Å²) >= 11 is 0. The molecule has 4 N–H and O–H groups in total. The van der Waals surface area contributed by atoms with Gasteiger partial charge in [-0.3, -0.25) is 9.78 Å². The Kier molecular flexibility index (Phi) is 4.94. The molecule has 8 nitrogen and oxygen atoms in total. The van der Waals surface area contributed by atoms with Crippen LogP contribution in [0.4, 0.5) is 11.6 Å². The second-order valence-corrected chi connectivity index (χ2v) is 4.64. The van der Waals surface area contributed by atoms with Gasteiger partial charge in [0.25, 0.3) is 5.56 Å². The fourth-order valence-electron chi connectivity index (χ4n) is 1.93. The lowest BCUT2D eigenvalue weighted by molar-refractivity contribution is 0.415. The second-order valence-electron chi connectivity index (χ2n) is 4.64. The van der Waals surface area contributed by atoms with Crippen molar-refractivity contribution in [1.82, 2.24) is 9.97 Å². The third-order valence-electron chi connectivity index (χ3n) is 3.03. The minimum absolute atomic E-state index is 0.00426. The van der Waals surface area contributed by atoms with E-state index in [0.717, 1.165) is 0 Å². The van der Waals surface area contributed by atoms with Gasteiger partial charge in [-0.15, -0.1) is 0 Å². The summed E-state index contributed by atoms with van der Waals surface area (Å²) in [5.74, 6) is 0.807. The van der Waals surface area contributed by atoms with Gasteiger partial charge < -0.3 is 15.8 Å². The summed E-state index contributed by atoms with van der Waals surface area (Å²) in [6, 6.07) is 9.07. The molecule has 0 radical (unpaired) electrons. The van der Waals surface area contributed by atoms with E-state index in [9.17, 15) is 4.79 Å². The Hall–Kier alpha value is -3.34. The average molecular weight is 312 g/mol. The van der Waals surface area contributed by atoms with Crippen molar-refractivity contribution in [3.05, 3.63) is 45.9 Å². The number of anilines is 1. The number of hydrogen-bond acceptors (Lipinski definition) is 5. The topological polar surface area (TPSA) is 129 Å². The number of methoxy groups -OCH3 is 1. The van der Waals surface area contributed by atoms with Gasteiger partial charge in [-0.05, 0) is 19.1 Å². The number of nitrogens with two attached hydrogens (primary N) is 1. The molecule has 0 unspecified atom stereocenters. The quantitative estimate of drug-likeness (QED) is 0.575. The number of aromatic nitrogens is 2. The van der Waals surface area contributed by atoms with Crippen molar-refractivity contribution in [3.8, 4) is 11.8 Å². The fourth-order valence-corrected chi connectivity index (χ4v) is 1.93. The maximum atomic E-state index is 11.9. The Balaban J connectivity index is 2.24. The van der Waals surface area contributed by atoms with Crippen LogP contribution in [0.1, 0.15) is 11.3 Å². The monoisotopic (exact) mass is 312 g/mol. The lowest BCUT2D eigenvalue weighted by atomic mass is 10.2. The van der Waals surface area contributed by atoms with Gasteiger partial charge in [0.2, 0.25) is 11.9 Å². The number of benzene rings is 1. The number of H-pyrrole nitrogens is 1.